The second-order valence-corrected chi connectivity index (χ2v) is 8.95. The molecule has 1 aromatic carbocycles. The van der Waals surface area contributed by atoms with Crippen molar-refractivity contribution in [3.8, 4) is 11.1 Å². The van der Waals surface area contributed by atoms with E-state index in [1.165, 1.54) is 0 Å². The van der Waals surface area contributed by atoms with Crippen LogP contribution in [0.25, 0.3) is 16.7 Å². The maximum atomic E-state index is 13.3. The molecule has 3 aliphatic rings. The number of Topliss-reactive ketones (excluding diaryl/α,β-unsaturated/α-hetero) is 1. The summed E-state index contributed by atoms with van der Waals surface area (Å²) >= 11 is 12.2. The third kappa shape index (κ3) is 2.56. The minimum absolute atomic E-state index is 0.0235. The van der Waals surface area contributed by atoms with E-state index in [2.05, 4.69) is 11.9 Å². The Morgan fingerprint density at radius 2 is 1.82 bits per heavy atom. The lowest BCUT2D eigenvalue weighted by Crippen LogP contribution is -2.24. The number of aromatic nitrogens is 1. The van der Waals surface area contributed by atoms with Crippen molar-refractivity contribution < 1.29 is 9.90 Å². The Bertz CT molecular complexity index is 1030. The summed E-state index contributed by atoms with van der Waals surface area (Å²) in [4.78, 5) is 17.5. The summed E-state index contributed by atoms with van der Waals surface area (Å²) in [6.45, 7) is 2.07. The maximum Gasteiger partial charge on any atom is 0.170 e. The van der Waals surface area contributed by atoms with Gasteiger partial charge in [0.1, 0.15) is 16.1 Å². The van der Waals surface area contributed by atoms with Crippen LogP contribution >= 0.6 is 23.2 Å². The summed E-state index contributed by atoms with van der Waals surface area (Å²) in [6, 6.07) is 9.52. The molecule has 5 rings (SSSR count). The Kier molecular flexibility index (Phi) is 4.29. The number of halogens is 2. The molecule has 2 saturated carbocycles. The highest BCUT2D eigenvalue weighted by Gasteiger charge is 2.57. The van der Waals surface area contributed by atoms with E-state index >= 15 is 0 Å². The molecule has 0 amide bonds. The first-order valence-corrected chi connectivity index (χ1v) is 10.7. The Hall–Kier alpha value is -1.84. The minimum Gasteiger partial charge on any atom is -0.511 e. The third-order valence-electron chi connectivity index (χ3n) is 6.92. The fourth-order valence-corrected chi connectivity index (χ4v) is 6.16. The van der Waals surface area contributed by atoms with Crippen molar-refractivity contribution in [1.29, 1.82) is 0 Å². The summed E-state index contributed by atoms with van der Waals surface area (Å²) in [7, 11) is 0. The zero-order valence-corrected chi connectivity index (χ0v) is 17.1. The van der Waals surface area contributed by atoms with Gasteiger partial charge in [0.2, 0.25) is 0 Å². The van der Waals surface area contributed by atoms with E-state index in [9.17, 15) is 9.90 Å². The first-order valence-electron chi connectivity index (χ1n) is 9.92. The Balaban J connectivity index is 1.64. The number of carbonyl (C=O) groups is 1. The second kappa shape index (κ2) is 6.60. The van der Waals surface area contributed by atoms with Gasteiger partial charge < -0.3 is 5.11 Å². The average molecular weight is 414 g/mol. The van der Waals surface area contributed by atoms with Crippen LogP contribution in [0.3, 0.4) is 0 Å². The van der Waals surface area contributed by atoms with Gasteiger partial charge in [0, 0.05) is 17.4 Å². The molecule has 3 aliphatic carbocycles. The molecule has 0 radical (unpaired) electrons. The molecule has 1 heterocycles. The maximum absolute atomic E-state index is 13.3. The van der Waals surface area contributed by atoms with E-state index in [1.54, 1.807) is 6.07 Å². The van der Waals surface area contributed by atoms with Gasteiger partial charge in [0.15, 0.2) is 5.78 Å². The number of carbonyl (C=O) groups excluding carboxylic acids is 1. The van der Waals surface area contributed by atoms with E-state index in [4.69, 9.17) is 23.2 Å². The zero-order valence-electron chi connectivity index (χ0n) is 15.6. The minimum atomic E-state index is -0.0251. The molecule has 3 nitrogen and oxygen atoms in total. The molecule has 4 atom stereocenters. The van der Waals surface area contributed by atoms with Crippen molar-refractivity contribution in [3.05, 3.63) is 57.5 Å². The van der Waals surface area contributed by atoms with E-state index in [0.717, 1.165) is 47.9 Å². The van der Waals surface area contributed by atoms with E-state index in [1.807, 2.05) is 24.3 Å². The van der Waals surface area contributed by atoms with Gasteiger partial charge in [-0.1, -0.05) is 42.3 Å². The number of aliphatic hydroxyl groups excluding tert-OH is 1. The topological polar surface area (TPSA) is 50.2 Å². The van der Waals surface area contributed by atoms with Gasteiger partial charge in [0.05, 0.1) is 5.57 Å². The molecular weight excluding hydrogens is 393 g/mol. The fourth-order valence-electron chi connectivity index (χ4n) is 5.70. The summed E-state index contributed by atoms with van der Waals surface area (Å²) in [5.41, 5.74) is 4.06. The summed E-state index contributed by atoms with van der Waals surface area (Å²) < 4.78 is 0. The first-order chi connectivity index (χ1) is 13.5. The normalized spacial score (nSPS) is 28.3. The highest BCUT2D eigenvalue weighted by molar-refractivity contribution is 6.34. The molecule has 0 saturated heterocycles. The predicted octanol–water partition coefficient (Wildman–Crippen LogP) is 6.13. The molecule has 2 aromatic rings. The fraction of sp³-hybridized carbons (Fsp3) is 0.391. The summed E-state index contributed by atoms with van der Waals surface area (Å²) in [5.74, 6) is 1.33. The number of pyridine rings is 1. The van der Waals surface area contributed by atoms with E-state index in [-0.39, 0.29) is 17.6 Å². The van der Waals surface area contributed by atoms with E-state index in [0.29, 0.717) is 33.5 Å². The van der Waals surface area contributed by atoms with Crippen LogP contribution in [0.4, 0.5) is 0 Å². The highest BCUT2D eigenvalue weighted by Crippen LogP contribution is 2.60. The lowest BCUT2D eigenvalue weighted by atomic mass is 9.80. The number of aliphatic hydroxyl groups is 1. The smallest absolute Gasteiger partial charge is 0.170 e. The van der Waals surface area contributed by atoms with Gasteiger partial charge in [-0.2, -0.15) is 0 Å². The van der Waals surface area contributed by atoms with E-state index < -0.39 is 0 Å². The van der Waals surface area contributed by atoms with Crippen molar-refractivity contribution in [2.75, 3.05) is 0 Å². The molecule has 1 aromatic heterocycles. The molecule has 2 bridgehead atoms. The number of aryl methyl sites for hydroxylation is 1. The molecule has 144 valence electrons. The van der Waals surface area contributed by atoms with Crippen LogP contribution in [0.2, 0.25) is 10.3 Å². The second-order valence-electron chi connectivity index (χ2n) is 8.21. The zero-order chi connectivity index (χ0) is 19.6. The summed E-state index contributed by atoms with van der Waals surface area (Å²) in [6.07, 6.45) is 4.12. The lowest BCUT2D eigenvalue weighted by molar-refractivity contribution is -0.118. The van der Waals surface area contributed by atoms with Gasteiger partial charge in [-0.3, -0.25) is 4.79 Å². The van der Waals surface area contributed by atoms with Crippen LogP contribution in [0.5, 0.6) is 0 Å². The lowest BCUT2D eigenvalue weighted by Gasteiger charge is -2.23. The number of hydrogen-bond acceptors (Lipinski definition) is 3. The van der Waals surface area contributed by atoms with Crippen LogP contribution < -0.4 is 0 Å². The molecule has 2 fully saturated rings. The van der Waals surface area contributed by atoms with Crippen LogP contribution in [0.15, 0.2) is 36.1 Å². The van der Waals surface area contributed by atoms with Gasteiger partial charge in [-0.25, -0.2) is 4.98 Å². The SMILES string of the molecule is CCc1ccc(-c2ccc(Cl)nc2Cl)cc1C1=C(O)[C@@H]2[C@@H]3CC[C@@H](C3)[C@@H]2C1=O. The Labute approximate surface area is 174 Å². The number of benzene rings is 1. The van der Waals surface area contributed by atoms with Crippen LogP contribution in [-0.2, 0) is 11.2 Å². The predicted molar refractivity (Wildman–Crippen MR) is 111 cm³/mol. The van der Waals surface area contributed by atoms with Crippen molar-refractivity contribution >= 4 is 34.6 Å². The molecule has 0 unspecified atom stereocenters. The van der Waals surface area contributed by atoms with Crippen molar-refractivity contribution in [3.63, 3.8) is 0 Å². The number of fused-ring (bicyclic) bond motifs is 5. The Morgan fingerprint density at radius 3 is 2.50 bits per heavy atom. The van der Waals surface area contributed by atoms with Crippen LogP contribution in [0, 0.1) is 23.7 Å². The quantitative estimate of drug-likeness (QED) is 0.615. The largest absolute Gasteiger partial charge is 0.511 e. The number of rotatable bonds is 3. The van der Waals surface area contributed by atoms with Crippen molar-refractivity contribution in [2.45, 2.75) is 32.6 Å². The molecular formula is C23H21Cl2NO2. The first kappa shape index (κ1) is 18.2. The van der Waals surface area contributed by atoms with Gasteiger partial charge >= 0.3 is 0 Å². The Morgan fingerprint density at radius 1 is 1.07 bits per heavy atom. The highest BCUT2D eigenvalue weighted by atomic mass is 35.5. The molecule has 1 N–H and O–H groups in total. The van der Waals surface area contributed by atoms with Gasteiger partial charge in [-0.05, 0) is 72.4 Å². The third-order valence-corrected chi connectivity index (χ3v) is 7.42. The van der Waals surface area contributed by atoms with Crippen LogP contribution in [-0.4, -0.2) is 15.9 Å². The van der Waals surface area contributed by atoms with Crippen molar-refractivity contribution in [1.82, 2.24) is 4.98 Å². The number of nitrogens with zero attached hydrogens (tertiary/aromatic N) is 1. The number of allylic oxidation sites excluding steroid dienone is 2. The van der Waals surface area contributed by atoms with Crippen molar-refractivity contribution in [2.24, 2.45) is 23.7 Å². The van der Waals surface area contributed by atoms with Crippen LogP contribution in [0.1, 0.15) is 37.3 Å². The summed E-state index contributed by atoms with van der Waals surface area (Å²) in [5, 5.41) is 11.7. The average Bonchev–Trinajstić information content (AvgIpc) is 3.35. The molecule has 5 heteroatoms. The van der Waals surface area contributed by atoms with Gasteiger partial charge in [-0.15, -0.1) is 0 Å². The monoisotopic (exact) mass is 413 g/mol. The molecule has 0 spiro atoms. The number of hydrogen-bond donors (Lipinski definition) is 1. The number of ketones is 1. The molecule has 0 aliphatic heterocycles. The standard InChI is InChI=1S/C23H21Cl2NO2/c1-2-11-3-4-12(15-7-8-17(24)26-23(15)25)10-16(11)20-21(27)18-13-5-6-14(9-13)19(18)22(20)28/h3-4,7-8,10,13-14,18-19,27H,2,5-6,9H2,1H3/t13-,14+,18-,19+/m1/s1. The van der Waals surface area contributed by atoms with Gasteiger partial charge in [0.25, 0.3) is 0 Å². The molecule has 28 heavy (non-hydrogen) atoms.